The first kappa shape index (κ1) is 14.1. The second kappa shape index (κ2) is 4.97. The summed E-state index contributed by atoms with van der Waals surface area (Å²) >= 11 is 3.51. The van der Waals surface area contributed by atoms with Crippen molar-refractivity contribution in [2.24, 2.45) is 5.41 Å². The highest BCUT2D eigenvalue weighted by atomic mass is 79.9. The van der Waals surface area contributed by atoms with Gasteiger partial charge in [-0.25, -0.2) is 0 Å². The van der Waals surface area contributed by atoms with Gasteiger partial charge in [0.2, 0.25) is 0 Å². The van der Waals surface area contributed by atoms with Crippen molar-refractivity contribution in [1.82, 2.24) is 0 Å². The van der Waals surface area contributed by atoms with Gasteiger partial charge in [0.25, 0.3) is 0 Å². The van der Waals surface area contributed by atoms with Crippen LogP contribution >= 0.6 is 15.9 Å². The minimum atomic E-state index is -0.492. The van der Waals surface area contributed by atoms with Crippen LogP contribution in [-0.2, 0) is 12.8 Å². The van der Waals surface area contributed by atoms with Crippen LogP contribution in [0.25, 0.3) is 0 Å². The lowest BCUT2D eigenvalue weighted by Crippen LogP contribution is -2.36. The van der Waals surface area contributed by atoms with Crippen LogP contribution in [0.3, 0.4) is 0 Å². The number of benzene rings is 1. The first-order valence-electron chi connectivity index (χ1n) is 6.77. The van der Waals surface area contributed by atoms with E-state index in [0.29, 0.717) is 5.41 Å². The summed E-state index contributed by atoms with van der Waals surface area (Å²) in [6.07, 6.45) is 4.69. The van der Waals surface area contributed by atoms with Gasteiger partial charge in [0.1, 0.15) is 0 Å². The first-order chi connectivity index (χ1) is 8.27. The Balaban J connectivity index is 2.08. The Labute approximate surface area is 119 Å². The molecule has 0 spiro atoms. The standard InChI is InChI=1S/C16H23BrO/c1-15(2,3)8-9-16(18)7-6-12-10-14(17)5-4-13(12)11-16/h4-5,10,18H,6-9,11H2,1-3H3. The molecule has 1 aliphatic carbocycles. The van der Waals surface area contributed by atoms with E-state index >= 15 is 0 Å². The largest absolute Gasteiger partial charge is 0.390 e. The average molecular weight is 311 g/mol. The lowest BCUT2D eigenvalue weighted by atomic mass is 9.75. The molecule has 0 aromatic heterocycles. The van der Waals surface area contributed by atoms with E-state index in [1.807, 2.05) is 0 Å². The number of halogens is 1. The maximum atomic E-state index is 10.7. The Morgan fingerprint density at radius 2 is 2.00 bits per heavy atom. The van der Waals surface area contributed by atoms with Gasteiger partial charge in [-0.1, -0.05) is 42.8 Å². The van der Waals surface area contributed by atoms with E-state index in [1.165, 1.54) is 11.1 Å². The topological polar surface area (TPSA) is 20.2 Å². The van der Waals surface area contributed by atoms with E-state index in [4.69, 9.17) is 0 Å². The van der Waals surface area contributed by atoms with Gasteiger partial charge in [-0.05, 0) is 54.4 Å². The van der Waals surface area contributed by atoms with Crippen molar-refractivity contribution in [3.63, 3.8) is 0 Å². The zero-order valence-electron chi connectivity index (χ0n) is 11.6. The summed E-state index contributed by atoms with van der Waals surface area (Å²) < 4.78 is 1.14. The van der Waals surface area contributed by atoms with Crippen molar-refractivity contribution >= 4 is 15.9 Å². The van der Waals surface area contributed by atoms with E-state index in [9.17, 15) is 5.11 Å². The molecule has 0 bridgehead atoms. The van der Waals surface area contributed by atoms with Crippen LogP contribution in [0.5, 0.6) is 0 Å². The van der Waals surface area contributed by atoms with Crippen molar-refractivity contribution in [2.75, 3.05) is 0 Å². The summed E-state index contributed by atoms with van der Waals surface area (Å²) in [5.74, 6) is 0. The van der Waals surface area contributed by atoms with E-state index in [0.717, 1.165) is 36.6 Å². The van der Waals surface area contributed by atoms with Gasteiger partial charge >= 0.3 is 0 Å². The highest BCUT2D eigenvalue weighted by Gasteiger charge is 2.32. The third-order valence-electron chi connectivity index (χ3n) is 3.89. The molecule has 1 aliphatic rings. The fourth-order valence-corrected chi connectivity index (χ4v) is 3.04. The van der Waals surface area contributed by atoms with E-state index in [1.54, 1.807) is 0 Å². The van der Waals surface area contributed by atoms with Gasteiger partial charge in [-0.15, -0.1) is 0 Å². The third-order valence-corrected chi connectivity index (χ3v) is 4.38. The van der Waals surface area contributed by atoms with Gasteiger partial charge in [0.15, 0.2) is 0 Å². The molecule has 0 radical (unpaired) electrons. The summed E-state index contributed by atoms with van der Waals surface area (Å²) in [5.41, 5.74) is 2.52. The molecule has 1 N–H and O–H groups in total. The maximum absolute atomic E-state index is 10.7. The summed E-state index contributed by atoms with van der Waals surface area (Å²) in [4.78, 5) is 0. The van der Waals surface area contributed by atoms with Gasteiger partial charge < -0.3 is 5.11 Å². The van der Waals surface area contributed by atoms with Gasteiger partial charge in [-0.2, -0.15) is 0 Å². The molecule has 0 saturated carbocycles. The SMILES string of the molecule is CC(C)(C)CCC1(O)CCc2cc(Br)ccc2C1. The average Bonchev–Trinajstić information content (AvgIpc) is 2.27. The molecule has 0 fully saturated rings. The van der Waals surface area contributed by atoms with Crippen LogP contribution in [-0.4, -0.2) is 10.7 Å². The molecule has 1 aromatic carbocycles. The number of aliphatic hydroxyl groups is 1. The van der Waals surface area contributed by atoms with Crippen molar-refractivity contribution in [3.05, 3.63) is 33.8 Å². The highest BCUT2D eigenvalue weighted by Crippen LogP contribution is 2.35. The first-order valence-corrected chi connectivity index (χ1v) is 7.56. The number of aryl methyl sites for hydroxylation is 1. The molecule has 1 unspecified atom stereocenters. The number of hydrogen-bond donors (Lipinski definition) is 1. The smallest absolute Gasteiger partial charge is 0.0691 e. The van der Waals surface area contributed by atoms with Crippen LogP contribution in [0.15, 0.2) is 22.7 Å². The Morgan fingerprint density at radius 1 is 1.28 bits per heavy atom. The van der Waals surface area contributed by atoms with E-state index < -0.39 is 5.60 Å². The summed E-state index contributed by atoms with van der Waals surface area (Å²) in [6.45, 7) is 6.72. The predicted octanol–water partition coefficient (Wildman–Crippen LogP) is 4.50. The summed E-state index contributed by atoms with van der Waals surface area (Å²) in [6, 6.07) is 6.42. The quantitative estimate of drug-likeness (QED) is 0.853. The molecule has 2 rings (SSSR count). The Morgan fingerprint density at radius 3 is 2.67 bits per heavy atom. The van der Waals surface area contributed by atoms with Gasteiger partial charge in [0.05, 0.1) is 5.60 Å². The minimum Gasteiger partial charge on any atom is -0.390 e. The molecule has 0 amide bonds. The summed E-state index contributed by atoms with van der Waals surface area (Å²) in [5, 5.41) is 10.7. The van der Waals surface area contributed by atoms with Crippen molar-refractivity contribution in [3.8, 4) is 0 Å². The van der Waals surface area contributed by atoms with Crippen molar-refractivity contribution in [2.45, 2.75) is 58.5 Å². The molecule has 1 atom stereocenters. The Hall–Kier alpha value is -0.340. The molecular weight excluding hydrogens is 288 g/mol. The van der Waals surface area contributed by atoms with Crippen LogP contribution in [0.4, 0.5) is 0 Å². The highest BCUT2D eigenvalue weighted by molar-refractivity contribution is 9.10. The molecule has 1 nitrogen and oxygen atoms in total. The fourth-order valence-electron chi connectivity index (χ4n) is 2.63. The van der Waals surface area contributed by atoms with E-state index in [2.05, 4.69) is 54.9 Å². The van der Waals surface area contributed by atoms with Gasteiger partial charge in [0, 0.05) is 10.9 Å². The predicted molar refractivity (Wildman–Crippen MR) is 79.8 cm³/mol. The number of fused-ring (bicyclic) bond motifs is 1. The zero-order chi connectivity index (χ0) is 13.4. The van der Waals surface area contributed by atoms with Crippen LogP contribution in [0.1, 0.15) is 51.2 Å². The zero-order valence-corrected chi connectivity index (χ0v) is 13.2. The molecule has 1 aromatic rings. The fraction of sp³-hybridized carbons (Fsp3) is 0.625. The normalized spacial score (nSPS) is 23.8. The second-order valence-electron chi connectivity index (χ2n) is 6.87. The van der Waals surface area contributed by atoms with Gasteiger partial charge in [-0.3, -0.25) is 0 Å². The van der Waals surface area contributed by atoms with E-state index in [-0.39, 0.29) is 0 Å². The number of rotatable bonds is 2. The Kier molecular flexibility index (Phi) is 3.89. The lowest BCUT2D eigenvalue weighted by Gasteiger charge is -2.35. The molecular formula is C16H23BrO. The molecule has 0 aliphatic heterocycles. The molecule has 100 valence electrons. The van der Waals surface area contributed by atoms with Crippen molar-refractivity contribution < 1.29 is 5.11 Å². The molecule has 0 heterocycles. The molecule has 18 heavy (non-hydrogen) atoms. The third kappa shape index (κ3) is 3.58. The minimum absolute atomic E-state index is 0.301. The van der Waals surface area contributed by atoms with Crippen LogP contribution < -0.4 is 0 Å². The molecule has 2 heteroatoms. The van der Waals surface area contributed by atoms with Crippen LogP contribution in [0, 0.1) is 5.41 Å². The Bertz CT molecular complexity index is 433. The monoisotopic (exact) mass is 310 g/mol. The number of hydrogen-bond acceptors (Lipinski definition) is 1. The maximum Gasteiger partial charge on any atom is 0.0691 e. The lowest BCUT2D eigenvalue weighted by molar-refractivity contribution is 0.00810. The second-order valence-corrected chi connectivity index (χ2v) is 7.79. The van der Waals surface area contributed by atoms with Crippen molar-refractivity contribution in [1.29, 1.82) is 0 Å². The van der Waals surface area contributed by atoms with Crippen LogP contribution in [0.2, 0.25) is 0 Å². The summed E-state index contributed by atoms with van der Waals surface area (Å²) in [7, 11) is 0. The molecule has 0 saturated heterocycles.